The van der Waals surface area contributed by atoms with E-state index in [4.69, 9.17) is 4.89 Å². The summed E-state index contributed by atoms with van der Waals surface area (Å²) in [6.45, 7) is 1.94. The Hall–Kier alpha value is -0.0966. The minimum absolute atomic E-state index is 0. The van der Waals surface area contributed by atoms with Crippen molar-refractivity contribution in [3.63, 3.8) is 0 Å². The standard InChI is InChI=1S/C7H7O2P.Zn/c1-6-2-4-7(5-3-6)10(8)9;/h2-5H,1H3;/p+1. The van der Waals surface area contributed by atoms with Gasteiger partial charge in [0.05, 0.1) is 0 Å². The van der Waals surface area contributed by atoms with Crippen LogP contribution >= 0.6 is 8.03 Å². The van der Waals surface area contributed by atoms with Crippen molar-refractivity contribution < 1.29 is 28.9 Å². The zero-order chi connectivity index (χ0) is 7.56. The molecule has 0 radical (unpaired) electrons. The van der Waals surface area contributed by atoms with E-state index in [9.17, 15) is 4.57 Å². The molecule has 0 saturated carbocycles. The molecule has 2 nitrogen and oxygen atoms in total. The largest absolute Gasteiger partial charge is 0.546 e. The first-order valence-electron chi connectivity index (χ1n) is 2.93. The summed E-state index contributed by atoms with van der Waals surface area (Å²) in [4.78, 5) is 8.62. The van der Waals surface area contributed by atoms with Gasteiger partial charge in [-0.15, -0.1) is 0 Å². The molecule has 0 spiro atoms. The van der Waals surface area contributed by atoms with E-state index in [0.717, 1.165) is 5.56 Å². The summed E-state index contributed by atoms with van der Waals surface area (Å²) >= 11 is 0. The van der Waals surface area contributed by atoms with Gasteiger partial charge in [-0.05, 0) is 23.6 Å². The smallest absolute Gasteiger partial charge is 0.156 e. The number of rotatable bonds is 1. The van der Waals surface area contributed by atoms with Crippen molar-refractivity contribution in [2.75, 3.05) is 0 Å². The van der Waals surface area contributed by atoms with Gasteiger partial charge >= 0.3 is 8.03 Å². The molecule has 0 aliphatic carbocycles. The molecule has 1 rings (SSSR count). The van der Waals surface area contributed by atoms with Gasteiger partial charge in [0, 0.05) is 19.5 Å². The second-order valence-electron chi connectivity index (χ2n) is 2.11. The number of hydrogen-bond donors (Lipinski definition) is 1. The quantitative estimate of drug-likeness (QED) is 0.573. The summed E-state index contributed by atoms with van der Waals surface area (Å²) in [7, 11) is -2.16. The summed E-state index contributed by atoms with van der Waals surface area (Å²) in [6.07, 6.45) is 0. The third-order valence-electron chi connectivity index (χ3n) is 1.25. The van der Waals surface area contributed by atoms with Gasteiger partial charge in [0.15, 0.2) is 0 Å². The second kappa shape index (κ2) is 4.72. The van der Waals surface area contributed by atoms with Gasteiger partial charge in [-0.25, -0.2) is 0 Å². The predicted molar refractivity (Wildman–Crippen MR) is 40.6 cm³/mol. The van der Waals surface area contributed by atoms with E-state index in [0.29, 0.717) is 5.30 Å². The fraction of sp³-hybridized carbons (Fsp3) is 0.143. The molecule has 1 aromatic rings. The van der Waals surface area contributed by atoms with E-state index >= 15 is 0 Å². The van der Waals surface area contributed by atoms with Crippen molar-refractivity contribution in [3.8, 4) is 0 Å². The third-order valence-corrected chi connectivity index (χ3v) is 1.99. The van der Waals surface area contributed by atoms with E-state index in [1.807, 2.05) is 19.1 Å². The zero-order valence-corrected chi connectivity index (χ0v) is 10.2. The van der Waals surface area contributed by atoms with Crippen LogP contribution in [0.25, 0.3) is 0 Å². The van der Waals surface area contributed by atoms with Crippen molar-refractivity contribution in [1.82, 2.24) is 0 Å². The SMILES string of the molecule is Cc1ccc([P+](=O)O)cc1.[Zn]. The fourth-order valence-corrected chi connectivity index (χ4v) is 1.08. The maximum atomic E-state index is 10.5. The summed E-state index contributed by atoms with van der Waals surface area (Å²) in [5.74, 6) is 0. The number of aryl methyl sites for hydroxylation is 1. The molecule has 0 bridgehead atoms. The molecule has 0 aromatic heterocycles. The van der Waals surface area contributed by atoms with E-state index in [1.54, 1.807) is 12.1 Å². The van der Waals surface area contributed by atoms with E-state index in [1.165, 1.54) is 0 Å². The summed E-state index contributed by atoms with van der Waals surface area (Å²) in [6, 6.07) is 6.96. The predicted octanol–water partition coefficient (Wildman–Crippen LogP) is 1.35. The van der Waals surface area contributed by atoms with Crippen LogP contribution in [-0.4, -0.2) is 4.89 Å². The van der Waals surface area contributed by atoms with Gasteiger partial charge in [-0.2, -0.15) is 4.89 Å². The molecule has 1 aromatic carbocycles. The summed E-state index contributed by atoms with van der Waals surface area (Å²) < 4.78 is 10.5. The van der Waals surface area contributed by atoms with Crippen molar-refractivity contribution in [2.24, 2.45) is 0 Å². The Morgan fingerprint density at radius 3 is 2.09 bits per heavy atom. The summed E-state index contributed by atoms with van der Waals surface area (Å²) in [5, 5.41) is 0.487. The number of hydrogen-bond acceptors (Lipinski definition) is 1. The molecule has 1 unspecified atom stereocenters. The Kier molecular flexibility index (Phi) is 4.67. The van der Waals surface area contributed by atoms with E-state index in [-0.39, 0.29) is 19.5 Å². The maximum absolute atomic E-state index is 10.5. The van der Waals surface area contributed by atoms with Gasteiger partial charge in [0.2, 0.25) is 5.30 Å². The van der Waals surface area contributed by atoms with Gasteiger partial charge in [0.1, 0.15) is 0 Å². The monoisotopic (exact) mass is 219 g/mol. The van der Waals surface area contributed by atoms with Gasteiger partial charge in [-0.1, -0.05) is 17.7 Å². The molecule has 0 aliphatic rings. The molecule has 0 aliphatic heterocycles. The topological polar surface area (TPSA) is 37.3 Å². The Bertz CT molecular complexity index is 245. The zero-order valence-electron chi connectivity index (χ0n) is 6.32. The van der Waals surface area contributed by atoms with Crippen LogP contribution in [0.2, 0.25) is 0 Å². The van der Waals surface area contributed by atoms with E-state index in [2.05, 4.69) is 0 Å². The van der Waals surface area contributed by atoms with Crippen molar-refractivity contribution in [2.45, 2.75) is 6.92 Å². The van der Waals surface area contributed by atoms with Gasteiger partial charge in [-0.3, -0.25) is 0 Å². The molecular formula is C7H8O2PZn+. The van der Waals surface area contributed by atoms with Crippen molar-refractivity contribution in [3.05, 3.63) is 29.8 Å². The van der Waals surface area contributed by atoms with Crippen LogP contribution in [0.4, 0.5) is 0 Å². The summed E-state index contributed by atoms with van der Waals surface area (Å²) in [5.41, 5.74) is 1.10. The first-order valence-corrected chi connectivity index (χ1v) is 4.14. The Morgan fingerprint density at radius 2 is 1.73 bits per heavy atom. The van der Waals surface area contributed by atoms with Crippen LogP contribution in [0.5, 0.6) is 0 Å². The van der Waals surface area contributed by atoms with Crippen molar-refractivity contribution >= 4 is 13.3 Å². The molecule has 0 saturated heterocycles. The Morgan fingerprint density at radius 1 is 1.27 bits per heavy atom. The van der Waals surface area contributed by atoms with Crippen LogP contribution in [-0.2, 0) is 24.0 Å². The molecule has 0 heterocycles. The minimum Gasteiger partial charge on any atom is -0.156 e. The van der Waals surface area contributed by atoms with Crippen LogP contribution in [0.1, 0.15) is 5.56 Å². The normalized spacial score (nSPS) is 10.2. The molecule has 0 fully saturated rings. The van der Waals surface area contributed by atoms with Crippen LogP contribution in [0.15, 0.2) is 24.3 Å². The molecule has 11 heavy (non-hydrogen) atoms. The average molecular weight is 221 g/mol. The van der Waals surface area contributed by atoms with Crippen LogP contribution in [0.3, 0.4) is 0 Å². The fourth-order valence-electron chi connectivity index (χ4n) is 0.672. The van der Waals surface area contributed by atoms with E-state index < -0.39 is 8.03 Å². The van der Waals surface area contributed by atoms with Crippen LogP contribution < -0.4 is 5.30 Å². The molecule has 1 atom stereocenters. The maximum Gasteiger partial charge on any atom is 0.546 e. The van der Waals surface area contributed by atoms with Gasteiger partial charge in [0.25, 0.3) is 0 Å². The first kappa shape index (κ1) is 10.9. The van der Waals surface area contributed by atoms with Crippen molar-refractivity contribution in [1.29, 1.82) is 0 Å². The first-order chi connectivity index (χ1) is 4.70. The molecular weight excluding hydrogens is 212 g/mol. The molecule has 4 heteroatoms. The third kappa shape index (κ3) is 3.20. The second-order valence-corrected chi connectivity index (χ2v) is 3.17. The average Bonchev–Trinajstić information content (AvgIpc) is 1.88. The molecule has 0 amide bonds. The van der Waals surface area contributed by atoms with Crippen LogP contribution in [0, 0.1) is 6.92 Å². The molecule has 54 valence electrons. The molecule has 1 N–H and O–H groups in total. The van der Waals surface area contributed by atoms with Gasteiger partial charge < -0.3 is 0 Å². The Labute approximate surface area is 79.3 Å². The minimum atomic E-state index is -2.16. The number of benzene rings is 1. The Balaban J connectivity index is 0.000001000.